The molecule has 1 fully saturated rings. The first-order chi connectivity index (χ1) is 8.66. The van der Waals surface area contributed by atoms with Crippen molar-refractivity contribution in [3.8, 4) is 0 Å². The molecule has 4 nitrogen and oxygen atoms in total. The SMILES string of the molecule is C[C@H]1C[C@@H](COCc2ccccc2)O[C@H]1C(N)=O. The Labute approximate surface area is 107 Å². The molecule has 1 saturated heterocycles. The van der Waals surface area contributed by atoms with Gasteiger partial charge in [-0.3, -0.25) is 4.79 Å². The topological polar surface area (TPSA) is 61.6 Å². The van der Waals surface area contributed by atoms with Crippen molar-refractivity contribution in [2.75, 3.05) is 6.61 Å². The minimum atomic E-state index is -0.463. The summed E-state index contributed by atoms with van der Waals surface area (Å²) >= 11 is 0. The number of benzene rings is 1. The van der Waals surface area contributed by atoms with E-state index in [1.54, 1.807) is 0 Å². The third-order valence-electron chi connectivity index (χ3n) is 3.19. The van der Waals surface area contributed by atoms with Gasteiger partial charge in [0, 0.05) is 0 Å². The lowest BCUT2D eigenvalue weighted by Gasteiger charge is -2.12. The van der Waals surface area contributed by atoms with E-state index in [0.29, 0.717) is 13.2 Å². The van der Waals surface area contributed by atoms with Gasteiger partial charge in [-0.25, -0.2) is 0 Å². The van der Waals surface area contributed by atoms with Gasteiger partial charge in [0.2, 0.25) is 5.91 Å². The second-order valence-electron chi connectivity index (χ2n) is 4.79. The standard InChI is InChI=1S/C14H19NO3/c1-10-7-12(18-13(10)14(15)16)9-17-8-11-5-3-2-4-6-11/h2-6,10,12-13H,7-9H2,1H3,(H2,15,16)/t10-,12-,13+/m0/s1. The van der Waals surface area contributed by atoms with Gasteiger partial charge in [0.05, 0.1) is 19.3 Å². The third-order valence-corrected chi connectivity index (χ3v) is 3.19. The number of carbonyl (C=O) groups is 1. The molecule has 98 valence electrons. The zero-order valence-electron chi connectivity index (χ0n) is 10.5. The van der Waals surface area contributed by atoms with Crippen molar-refractivity contribution in [3.63, 3.8) is 0 Å². The first-order valence-electron chi connectivity index (χ1n) is 6.23. The van der Waals surface area contributed by atoms with Crippen molar-refractivity contribution in [2.24, 2.45) is 11.7 Å². The Hall–Kier alpha value is -1.39. The number of hydrogen-bond donors (Lipinski definition) is 1. The van der Waals surface area contributed by atoms with Crippen molar-refractivity contribution >= 4 is 5.91 Å². The Kier molecular flexibility index (Phi) is 4.33. The fourth-order valence-corrected chi connectivity index (χ4v) is 2.27. The van der Waals surface area contributed by atoms with E-state index in [4.69, 9.17) is 15.2 Å². The molecule has 0 unspecified atom stereocenters. The van der Waals surface area contributed by atoms with Crippen LogP contribution >= 0.6 is 0 Å². The second kappa shape index (κ2) is 5.98. The van der Waals surface area contributed by atoms with Gasteiger partial charge in [-0.1, -0.05) is 37.3 Å². The van der Waals surface area contributed by atoms with Gasteiger partial charge in [0.15, 0.2) is 0 Å². The van der Waals surface area contributed by atoms with E-state index in [1.807, 2.05) is 37.3 Å². The van der Waals surface area contributed by atoms with Crippen molar-refractivity contribution in [2.45, 2.75) is 32.2 Å². The molecule has 1 amide bonds. The normalized spacial score (nSPS) is 27.3. The van der Waals surface area contributed by atoms with Crippen molar-refractivity contribution < 1.29 is 14.3 Å². The summed E-state index contributed by atoms with van der Waals surface area (Å²) in [6.45, 7) is 3.05. The molecule has 0 spiro atoms. The van der Waals surface area contributed by atoms with Gasteiger partial charge in [-0.2, -0.15) is 0 Å². The zero-order chi connectivity index (χ0) is 13.0. The Morgan fingerprint density at radius 3 is 2.78 bits per heavy atom. The molecule has 18 heavy (non-hydrogen) atoms. The highest BCUT2D eigenvalue weighted by Crippen LogP contribution is 2.26. The van der Waals surface area contributed by atoms with Crippen LogP contribution in [0.15, 0.2) is 30.3 Å². The fraction of sp³-hybridized carbons (Fsp3) is 0.500. The van der Waals surface area contributed by atoms with Gasteiger partial charge in [0.25, 0.3) is 0 Å². The van der Waals surface area contributed by atoms with Crippen LogP contribution in [0, 0.1) is 5.92 Å². The van der Waals surface area contributed by atoms with E-state index in [9.17, 15) is 4.79 Å². The van der Waals surface area contributed by atoms with E-state index in [-0.39, 0.29) is 17.9 Å². The minimum absolute atomic E-state index is 0.0267. The Bertz CT molecular complexity index is 393. The summed E-state index contributed by atoms with van der Waals surface area (Å²) in [5.41, 5.74) is 6.40. The first-order valence-corrected chi connectivity index (χ1v) is 6.23. The van der Waals surface area contributed by atoms with Crippen LogP contribution in [0.2, 0.25) is 0 Å². The van der Waals surface area contributed by atoms with E-state index in [0.717, 1.165) is 12.0 Å². The molecule has 1 aliphatic heterocycles. The van der Waals surface area contributed by atoms with Crippen LogP contribution in [0.4, 0.5) is 0 Å². The van der Waals surface area contributed by atoms with Gasteiger partial charge >= 0.3 is 0 Å². The van der Waals surface area contributed by atoms with E-state index < -0.39 is 6.10 Å². The number of rotatable bonds is 5. The van der Waals surface area contributed by atoms with Crippen molar-refractivity contribution in [1.82, 2.24) is 0 Å². The third kappa shape index (κ3) is 3.31. The molecule has 1 aromatic rings. The predicted molar refractivity (Wildman–Crippen MR) is 67.7 cm³/mol. The Morgan fingerprint density at radius 2 is 2.17 bits per heavy atom. The predicted octanol–water partition coefficient (Wildman–Crippen LogP) is 1.48. The van der Waals surface area contributed by atoms with E-state index >= 15 is 0 Å². The second-order valence-corrected chi connectivity index (χ2v) is 4.79. The lowest BCUT2D eigenvalue weighted by molar-refractivity contribution is -0.131. The van der Waals surface area contributed by atoms with Gasteiger partial charge < -0.3 is 15.2 Å². The maximum atomic E-state index is 11.1. The Morgan fingerprint density at radius 1 is 1.44 bits per heavy atom. The first kappa shape index (κ1) is 13.1. The highest BCUT2D eigenvalue weighted by Gasteiger charge is 2.35. The Balaban J connectivity index is 1.74. The summed E-state index contributed by atoms with van der Waals surface area (Å²) in [5, 5.41) is 0. The molecule has 0 aliphatic carbocycles. The van der Waals surface area contributed by atoms with Crippen LogP contribution in [0.1, 0.15) is 18.9 Å². The molecule has 0 saturated carbocycles. The molecule has 0 bridgehead atoms. The van der Waals surface area contributed by atoms with Crippen LogP contribution in [-0.4, -0.2) is 24.7 Å². The molecule has 4 heteroatoms. The van der Waals surface area contributed by atoms with E-state index in [2.05, 4.69) is 0 Å². The lowest BCUT2D eigenvalue weighted by Crippen LogP contribution is -2.32. The maximum absolute atomic E-state index is 11.1. The average molecular weight is 249 g/mol. The number of amides is 1. The van der Waals surface area contributed by atoms with Gasteiger partial charge in [-0.05, 0) is 17.9 Å². The fourth-order valence-electron chi connectivity index (χ4n) is 2.27. The molecule has 0 radical (unpaired) electrons. The van der Waals surface area contributed by atoms with Crippen LogP contribution < -0.4 is 5.73 Å². The number of nitrogens with two attached hydrogens (primary N) is 1. The van der Waals surface area contributed by atoms with Crippen LogP contribution in [0.5, 0.6) is 0 Å². The molecule has 3 atom stereocenters. The number of primary amides is 1. The largest absolute Gasteiger partial charge is 0.374 e. The van der Waals surface area contributed by atoms with Crippen molar-refractivity contribution in [1.29, 1.82) is 0 Å². The number of ether oxygens (including phenoxy) is 2. The summed E-state index contributed by atoms with van der Waals surface area (Å²) < 4.78 is 11.2. The molecule has 0 aromatic heterocycles. The molecule has 1 aromatic carbocycles. The summed E-state index contributed by atoms with van der Waals surface area (Å²) in [5.74, 6) is -0.208. The maximum Gasteiger partial charge on any atom is 0.246 e. The summed E-state index contributed by atoms with van der Waals surface area (Å²) in [7, 11) is 0. The number of hydrogen-bond acceptors (Lipinski definition) is 3. The minimum Gasteiger partial charge on any atom is -0.374 e. The molecular weight excluding hydrogens is 230 g/mol. The highest BCUT2D eigenvalue weighted by molar-refractivity contribution is 5.79. The van der Waals surface area contributed by atoms with Crippen LogP contribution in [0.25, 0.3) is 0 Å². The molecule has 1 aliphatic rings. The number of carbonyl (C=O) groups excluding carboxylic acids is 1. The summed E-state index contributed by atoms with van der Waals surface area (Å²) in [6, 6.07) is 9.98. The van der Waals surface area contributed by atoms with Crippen molar-refractivity contribution in [3.05, 3.63) is 35.9 Å². The van der Waals surface area contributed by atoms with Gasteiger partial charge in [0.1, 0.15) is 6.10 Å². The van der Waals surface area contributed by atoms with Gasteiger partial charge in [-0.15, -0.1) is 0 Å². The smallest absolute Gasteiger partial charge is 0.246 e. The monoisotopic (exact) mass is 249 g/mol. The molecule has 1 heterocycles. The molecule has 2 N–H and O–H groups in total. The molecular formula is C14H19NO3. The average Bonchev–Trinajstić information content (AvgIpc) is 2.72. The van der Waals surface area contributed by atoms with E-state index in [1.165, 1.54) is 0 Å². The summed E-state index contributed by atoms with van der Waals surface area (Å²) in [4.78, 5) is 11.1. The quantitative estimate of drug-likeness (QED) is 0.859. The molecule has 2 rings (SSSR count). The van der Waals surface area contributed by atoms with Crippen LogP contribution in [-0.2, 0) is 20.9 Å². The highest BCUT2D eigenvalue weighted by atomic mass is 16.5. The zero-order valence-corrected chi connectivity index (χ0v) is 10.5. The lowest BCUT2D eigenvalue weighted by atomic mass is 10.0. The summed E-state index contributed by atoms with van der Waals surface area (Å²) in [6.07, 6.45) is 0.333. The van der Waals surface area contributed by atoms with Crippen LogP contribution in [0.3, 0.4) is 0 Å².